The summed E-state index contributed by atoms with van der Waals surface area (Å²) in [6, 6.07) is 5.96. The first-order valence-electron chi connectivity index (χ1n) is 5.39. The second-order valence-electron chi connectivity index (χ2n) is 3.63. The summed E-state index contributed by atoms with van der Waals surface area (Å²) in [4.78, 5) is 15.6. The van der Waals surface area contributed by atoms with Crippen LogP contribution in [0.3, 0.4) is 0 Å². The summed E-state index contributed by atoms with van der Waals surface area (Å²) in [7, 11) is 0. The Labute approximate surface area is 112 Å². The number of nitrogens with one attached hydrogen (secondary N) is 1. The van der Waals surface area contributed by atoms with E-state index in [4.69, 9.17) is 0 Å². The monoisotopic (exact) mass is 311 g/mol. The first-order chi connectivity index (χ1) is 8.60. The molecule has 0 bridgehead atoms. The van der Waals surface area contributed by atoms with Crippen molar-refractivity contribution in [1.29, 1.82) is 0 Å². The summed E-state index contributed by atoms with van der Waals surface area (Å²) >= 11 is 3.31. The van der Waals surface area contributed by atoms with E-state index in [1.165, 1.54) is 18.2 Å². The van der Waals surface area contributed by atoms with Crippen molar-refractivity contribution < 1.29 is 9.18 Å². The van der Waals surface area contributed by atoms with Gasteiger partial charge in [-0.2, -0.15) is 4.39 Å². The average Bonchev–Trinajstić information content (AvgIpc) is 2.70. The number of hydrogen-bond donors (Lipinski definition) is 1. The fourth-order valence-electron chi connectivity index (χ4n) is 1.59. The molecule has 0 unspecified atom stereocenters. The lowest BCUT2D eigenvalue weighted by atomic mass is 10.4. The van der Waals surface area contributed by atoms with Crippen molar-refractivity contribution in [2.24, 2.45) is 0 Å². The van der Waals surface area contributed by atoms with Gasteiger partial charge in [0.15, 0.2) is 0 Å². The maximum atomic E-state index is 12.9. The number of carbonyl (C=O) groups excluding carboxylic acids is 1. The minimum absolute atomic E-state index is 0.194. The third kappa shape index (κ3) is 2.76. The lowest BCUT2D eigenvalue weighted by Gasteiger charge is -2.06. The van der Waals surface area contributed by atoms with Gasteiger partial charge in [0.05, 0.1) is 0 Å². The molecule has 2 aromatic heterocycles. The molecule has 94 valence electrons. The molecule has 0 fully saturated rings. The predicted octanol–water partition coefficient (Wildman–Crippen LogP) is 3.06. The molecular weight excluding hydrogens is 301 g/mol. The van der Waals surface area contributed by atoms with E-state index < -0.39 is 5.95 Å². The maximum Gasteiger partial charge on any atom is 0.273 e. The SMILES string of the molecule is CCn1cc(Br)cc1C(=O)Nc1cccc(F)n1. The van der Waals surface area contributed by atoms with E-state index in [0.717, 1.165) is 4.47 Å². The van der Waals surface area contributed by atoms with E-state index in [1.807, 2.05) is 13.1 Å². The van der Waals surface area contributed by atoms with Crippen molar-refractivity contribution in [2.45, 2.75) is 13.5 Å². The number of aryl methyl sites for hydroxylation is 1. The summed E-state index contributed by atoms with van der Waals surface area (Å²) in [5.74, 6) is -0.750. The number of carbonyl (C=O) groups is 1. The van der Waals surface area contributed by atoms with Crippen molar-refractivity contribution in [3.63, 3.8) is 0 Å². The molecule has 0 saturated heterocycles. The zero-order valence-electron chi connectivity index (χ0n) is 9.65. The molecule has 0 aromatic carbocycles. The number of hydrogen-bond acceptors (Lipinski definition) is 2. The van der Waals surface area contributed by atoms with Crippen LogP contribution in [0.15, 0.2) is 34.9 Å². The van der Waals surface area contributed by atoms with Crippen molar-refractivity contribution in [2.75, 3.05) is 5.32 Å². The highest BCUT2D eigenvalue weighted by molar-refractivity contribution is 9.10. The van der Waals surface area contributed by atoms with Gasteiger partial charge in [-0.15, -0.1) is 0 Å². The summed E-state index contributed by atoms with van der Waals surface area (Å²) in [5, 5.41) is 2.56. The Morgan fingerprint density at radius 3 is 3.00 bits per heavy atom. The van der Waals surface area contributed by atoms with E-state index >= 15 is 0 Å². The second kappa shape index (κ2) is 5.30. The zero-order chi connectivity index (χ0) is 13.1. The quantitative estimate of drug-likeness (QED) is 0.886. The number of amides is 1. The highest BCUT2D eigenvalue weighted by Gasteiger charge is 2.13. The van der Waals surface area contributed by atoms with Crippen LogP contribution in [-0.2, 0) is 6.54 Å². The smallest absolute Gasteiger partial charge is 0.273 e. The first-order valence-corrected chi connectivity index (χ1v) is 6.19. The standard InChI is InChI=1S/C12H11BrFN3O/c1-2-17-7-8(13)6-9(17)12(18)16-11-5-3-4-10(14)15-11/h3-7H,2H2,1H3,(H,15,16,18). The lowest BCUT2D eigenvalue weighted by molar-refractivity contribution is 0.101. The molecule has 0 aliphatic rings. The van der Waals surface area contributed by atoms with Gasteiger partial charge in [-0.25, -0.2) is 4.98 Å². The Bertz CT molecular complexity index is 582. The van der Waals surface area contributed by atoms with Gasteiger partial charge >= 0.3 is 0 Å². The molecule has 0 aliphatic heterocycles. The fraction of sp³-hybridized carbons (Fsp3) is 0.167. The van der Waals surface area contributed by atoms with Crippen LogP contribution in [0.4, 0.5) is 10.2 Å². The minimum atomic E-state index is -0.625. The van der Waals surface area contributed by atoms with Crippen LogP contribution < -0.4 is 5.32 Å². The van der Waals surface area contributed by atoms with Crippen LogP contribution in [0, 0.1) is 5.95 Å². The van der Waals surface area contributed by atoms with Crippen molar-refractivity contribution in [3.8, 4) is 0 Å². The van der Waals surface area contributed by atoms with E-state index in [0.29, 0.717) is 12.2 Å². The Morgan fingerprint density at radius 1 is 1.56 bits per heavy atom. The molecule has 18 heavy (non-hydrogen) atoms. The topological polar surface area (TPSA) is 46.9 Å². The van der Waals surface area contributed by atoms with Crippen LogP contribution in [0.5, 0.6) is 0 Å². The van der Waals surface area contributed by atoms with E-state index in [1.54, 1.807) is 10.6 Å². The van der Waals surface area contributed by atoms with Crippen LogP contribution >= 0.6 is 15.9 Å². The summed E-state index contributed by atoms with van der Waals surface area (Å²) in [6.45, 7) is 2.61. The zero-order valence-corrected chi connectivity index (χ0v) is 11.2. The molecule has 1 amide bonds. The van der Waals surface area contributed by atoms with Gasteiger partial charge in [-0.1, -0.05) is 6.07 Å². The molecule has 0 saturated carbocycles. The van der Waals surface area contributed by atoms with E-state index in [9.17, 15) is 9.18 Å². The highest BCUT2D eigenvalue weighted by Crippen LogP contribution is 2.16. The largest absolute Gasteiger partial charge is 0.343 e. The van der Waals surface area contributed by atoms with Gasteiger partial charge in [-0.3, -0.25) is 4.79 Å². The van der Waals surface area contributed by atoms with Crippen LogP contribution in [0.1, 0.15) is 17.4 Å². The molecule has 2 heterocycles. The number of aromatic nitrogens is 2. The summed E-state index contributed by atoms with van der Waals surface area (Å²) < 4.78 is 15.5. The molecule has 2 rings (SSSR count). The third-order valence-corrected chi connectivity index (χ3v) is 2.83. The van der Waals surface area contributed by atoms with Gasteiger partial charge in [-0.05, 0) is 41.1 Å². The number of pyridine rings is 1. The van der Waals surface area contributed by atoms with Gasteiger partial charge in [0, 0.05) is 17.2 Å². The van der Waals surface area contributed by atoms with Crippen molar-refractivity contribution in [3.05, 3.63) is 46.6 Å². The Balaban J connectivity index is 2.21. The first kappa shape index (κ1) is 12.8. The Hall–Kier alpha value is -1.69. The maximum absolute atomic E-state index is 12.9. The number of rotatable bonds is 3. The summed E-state index contributed by atoms with van der Waals surface area (Å²) in [5.41, 5.74) is 0.496. The second-order valence-corrected chi connectivity index (χ2v) is 4.54. The minimum Gasteiger partial charge on any atom is -0.343 e. The molecule has 0 radical (unpaired) electrons. The number of anilines is 1. The molecule has 2 aromatic rings. The Morgan fingerprint density at radius 2 is 2.33 bits per heavy atom. The highest BCUT2D eigenvalue weighted by atomic mass is 79.9. The van der Waals surface area contributed by atoms with Crippen LogP contribution in [0.25, 0.3) is 0 Å². The van der Waals surface area contributed by atoms with E-state index in [2.05, 4.69) is 26.2 Å². The molecule has 0 atom stereocenters. The van der Waals surface area contributed by atoms with E-state index in [-0.39, 0.29) is 11.7 Å². The fourth-order valence-corrected chi connectivity index (χ4v) is 2.05. The van der Waals surface area contributed by atoms with Gasteiger partial charge in [0.25, 0.3) is 5.91 Å². The van der Waals surface area contributed by atoms with Crippen molar-refractivity contribution >= 4 is 27.7 Å². The molecule has 1 N–H and O–H groups in total. The molecule has 0 spiro atoms. The molecular formula is C12H11BrFN3O. The molecule has 0 aliphatic carbocycles. The lowest BCUT2D eigenvalue weighted by Crippen LogP contribution is -2.17. The molecule has 6 heteroatoms. The van der Waals surface area contributed by atoms with Gasteiger partial charge in [0.1, 0.15) is 11.5 Å². The Kier molecular flexibility index (Phi) is 3.76. The van der Waals surface area contributed by atoms with Crippen LogP contribution in [0.2, 0.25) is 0 Å². The molecule has 4 nitrogen and oxygen atoms in total. The van der Waals surface area contributed by atoms with Crippen molar-refractivity contribution in [1.82, 2.24) is 9.55 Å². The third-order valence-electron chi connectivity index (χ3n) is 2.39. The number of nitrogens with zero attached hydrogens (tertiary/aromatic N) is 2. The normalized spacial score (nSPS) is 10.4. The van der Waals surface area contributed by atoms with Crippen LogP contribution in [-0.4, -0.2) is 15.5 Å². The number of halogens is 2. The van der Waals surface area contributed by atoms with Gasteiger partial charge in [0.2, 0.25) is 5.95 Å². The average molecular weight is 312 g/mol. The summed E-state index contributed by atoms with van der Waals surface area (Å²) in [6.07, 6.45) is 1.81. The predicted molar refractivity (Wildman–Crippen MR) is 70.0 cm³/mol. The van der Waals surface area contributed by atoms with Gasteiger partial charge < -0.3 is 9.88 Å².